The maximum Gasteiger partial charge on any atom is 0.410 e. The van der Waals surface area contributed by atoms with Crippen molar-refractivity contribution < 1.29 is 32.6 Å². The summed E-state index contributed by atoms with van der Waals surface area (Å²) in [7, 11) is -4.05. The van der Waals surface area contributed by atoms with E-state index in [0.29, 0.717) is 32.5 Å². The molecule has 1 amide bonds. The molecule has 0 unspecified atom stereocenters. The van der Waals surface area contributed by atoms with Gasteiger partial charge in [-0.2, -0.15) is 4.72 Å². The van der Waals surface area contributed by atoms with Crippen molar-refractivity contribution in [1.82, 2.24) is 9.62 Å². The number of aliphatic carboxylic acids is 1. The van der Waals surface area contributed by atoms with E-state index in [0.717, 1.165) is 27.5 Å². The Balaban J connectivity index is 1.67. The van der Waals surface area contributed by atoms with Crippen LogP contribution >= 0.6 is 11.3 Å². The van der Waals surface area contributed by atoms with Gasteiger partial charge in [0.25, 0.3) is 10.0 Å². The predicted octanol–water partition coefficient (Wildman–Crippen LogP) is 4.19. The van der Waals surface area contributed by atoms with Crippen molar-refractivity contribution in [3.8, 4) is 16.2 Å². The Morgan fingerprint density at radius 2 is 1.77 bits per heavy atom. The van der Waals surface area contributed by atoms with Gasteiger partial charge in [-0.05, 0) is 88.4 Å². The third-order valence-electron chi connectivity index (χ3n) is 5.51. The Kier molecular flexibility index (Phi) is 8.45. The lowest BCUT2D eigenvalue weighted by atomic mass is 9.90. The van der Waals surface area contributed by atoms with Gasteiger partial charge in [0, 0.05) is 18.0 Å². The fourth-order valence-electron chi connectivity index (χ4n) is 3.82. The molecule has 11 heteroatoms. The molecule has 3 rings (SSSR count). The van der Waals surface area contributed by atoms with Gasteiger partial charge in [0.1, 0.15) is 21.6 Å². The molecule has 0 radical (unpaired) electrons. The molecule has 1 aromatic carbocycles. The van der Waals surface area contributed by atoms with Crippen LogP contribution in [0.25, 0.3) is 10.4 Å². The van der Waals surface area contributed by atoms with Crippen molar-refractivity contribution in [3.63, 3.8) is 0 Å². The number of hydrogen-bond donors (Lipinski definition) is 2. The Hall–Kier alpha value is -2.63. The Morgan fingerprint density at radius 3 is 2.31 bits per heavy atom. The standard InChI is InChI=1S/C24H32N2O7S2/c1-5-32-18-8-6-16(7-9-18)19-10-11-20(34-19)35(30,31)25-21(22(27)28)17-12-14-26(15-13-17)23(29)33-24(2,3)4/h6-11,17,21,25H,5,12-15H2,1-4H3,(H,27,28)/t21-/m1/s1. The molecule has 2 aromatic rings. The van der Waals surface area contributed by atoms with Crippen LogP contribution in [0.15, 0.2) is 40.6 Å². The van der Waals surface area contributed by atoms with Gasteiger partial charge in [-0.25, -0.2) is 13.2 Å². The molecular weight excluding hydrogens is 492 g/mol. The Labute approximate surface area is 210 Å². The number of piperidine rings is 1. The second-order valence-electron chi connectivity index (χ2n) is 9.32. The predicted molar refractivity (Wildman–Crippen MR) is 133 cm³/mol. The van der Waals surface area contributed by atoms with E-state index in [1.807, 2.05) is 31.2 Å². The zero-order chi connectivity index (χ0) is 25.8. The minimum Gasteiger partial charge on any atom is -0.494 e. The number of carbonyl (C=O) groups is 2. The minimum atomic E-state index is -4.05. The van der Waals surface area contributed by atoms with Gasteiger partial charge in [-0.3, -0.25) is 4.79 Å². The second-order valence-corrected chi connectivity index (χ2v) is 12.3. The highest BCUT2D eigenvalue weighted by molar-refractivity contribution is 7.91. The lowest BCUT2D eigenvalue weighted by molar-refractivity contribution is -0.140. The van der Waals surface area contributed by atoms with Crippen LogP contribution in [-0.4, -0.2) is 61.8 Å². The largest absolute Gasteiger partial charge is 0.494 e. The fourth-order valence-corrected chi connectivity index (χ4v) is 6.40. The molecule has 0 aliphatic carbocycles. The molecule has 1 atom stereocenters. The number of nitrogens with zero attached hydrogens (tertiary/aromatic N) is 1. The molecule has 9 nitrogen and oxygen atoms in total. The van der Waals surface area contributed by atoms with E-state index in [1.54, 1.807) is 26.8 Å². The number of benzene rings is 1. The number of ether oxygens (including phenoxy) is 2. The summed E-state index contributed by atoms with van der Waals surface area (Å²) in [4.78, 5) is 26.5. The molecule has 1 aromatic heterocycles. The van der Waals surface area contributed by atoms with Crippen LogP contribution in [0.2, 0.25) is 0 Å². The molecular formula is C24H32N2O7S2. The molecule has 2 heterocycles. The SMILES string of the molecule is CCOc1ccc(-c2ccc(S(=O)(=O)N[C@@H](C(=O)O)C3CCN(C(=O)OC(C)(C)C)CC3)s2)cc1. The maximum absolute atomic E-state index is 13.0. The number of amides is 1. The molecule has 0 bridgehead atoms. The van der Waals surface area contributed by atoms with Crippen molar-refractivity contribution in [3.05, 3.63) is 36.4 Å². The average molecular weight is 525 g/mol. The van der Waals surface area contributed by atoms with Crippen LogP contribution in [0.4, 0.5) is 4.79 Å². The number of carbonyl (C=O) groups excluding carboxylic acids is 1. The summed E-state index contributed by atoms with van der Waals surface area (Å²) >= 11 is 1.07. The highest BCUT2D eigenvalue weighted by atomic mass is 32.2. The summed E-state index contributed by atoms with van der Waals surface area (Å²) < 4.78 is 39.3. The summed E-state index contributed by atoms with van der Waals surface area (Å²) in [6.07, 6.45) is 0.241. The summed E-state index contributed by atoms with van der Waals surface area (Å²) in [6.45, 7) is 8.37. The normalized spacial score (nSPS) is 16.1. The van der Waals surface area contributed by atoms with Gasteiger partial charge in [-0.1, -0.05) is 0 Å². The third-order valence-corrected chi connectivity index (χ3v) is 8.57. The molecule has 1 aliphatic heterocycles. The topological polar surface area (TPSA) is 122 Å². The van der Waals surface area contributed by atoms with Crippen LogP contribution in [0.3, 0.4) is 0 Å². The number of nitrogens with one attached hydrogen (secondary N) is 1. The van der Waals surface area contributed by atoms with E-state index >= 15 is 0 Å². The summed E-state index contributed by atoms with van der Waals surface area (Å²) in [5.74, 6) is -0.969. The van der Waals surface area contributed by atoms with E-state index in [4.69, 9.17) is 9.47 Å². The lowest BCUT2D eigenvalue weighted by Gasteiger charge is -2.35. The van der Waals surface area contributed by atoms with Gasteiger partial charge < -0.3 is 19.5 Å². The molecule has 1 aliphatic rings. The highest BCUT2D eigenvalue weighted by Crippen LogP contribution is 2.32. The molecule has 192 valence electrons. The molecule has 1 fully saturated rings. The van der Waals surface area contributed by atoms with Crippen molar-refractivity contribution in [2.45, 2.75) is 56.4 Å². The quantitative estimate of drug-likeness (QED) is 0.531. The summed E-state index contributed by atoms with van der Waals surface area (Å²) in [5.41, 5.74) is 0.210. The third kappa shape index (κ3) is 7.18. The Bertz CT molecular complexity index is 1130. The first-order valence-electron chi connectivity index (χ1n) is 11.5. The number of hydrogen-bond acceptors (Lipinski definition) is 7. The summed E-state index contributed by atoms with van der Waals surface area (Å²) in [6, 6.07) is 9.20. The highest BCUT2D eigenvalue weighted by Gasteiger charge is 2.37. The van der Waals surface area contributed by atoms with E-state index in [2.05, 4.69) is 4.72 Å². The monoisotopic (exact) mass is 524 g/mol. The smallest absolute Gasteiger partial charge is 0.410 e. The van der Waals surface area contributed by atoms with Crippen molar-refractivity contribution in [2.75, 3.05) is 19.7 Å². The zero-order valence-electron chi connectivity index (χ0n) is 20.3. The first-order valence-corrected chi connectivity index (χ1v) is 13.8. The molecule has 0 saturated carbocycles. The van der Waals surface area contributed by atoms with Gasteiger partial charge in [-0.15, -0.1) is 11.3 Å². The molecule has 2 N–H and O–H groups in total. The fraction of sp³-hybridized carbons (Fsp3) is 0.500. The van der Waals surface area contributed by atoms with Crippen LogP contribution in [0.5, 0.6) is 5.75 Å². The maximum atomic E-state index is 13.0. The van der Waals surface area contributed by atoms with Crippen LogP contribution in [0.1, 0.15) is 40.5 Å². The van der Waals surface area contributed by atoms with Gasteiger partial charge in [0.05, 0.1) is 6.61 Å². The van der Waals surface area contributed by atoms with Crippen LogP contribution in [0, 0.1) is 5.92 Å². The number of carboxylic acids is 1. The number of likely N-dealkylation sites (tertiary alicyclic amines) is 1. The second kappa shape index (κ2) is 11.0. The van der Waals surface area contributed by atoms with Crippen molar-refractivity contribution in [1.29, 1.82) is 0 Å². The van der Waals surface area contributed by atoms with Crippen molar-refractivity contribution in [2.24, 2.45) is 5.92 Å². The Morgan fingerprint density at radius 1 is 1.14 bits per heavy atom. The molecule has 0 spiro atoms. The van der Waals surface area contributed by atoms with Crippen molar-refractivity contribution >= 4 is 33.4 Å². The van der Waals surface area contributed by atoms with Crippen LogP contribution in [-0.2, 0) is 19.6 Å². The van der Waals surface area contributed by atoms with Gasteiger partial charge >= 0.3 is 12.1 Å². The van der Waals surface area contributed by atoms with E-state index in [9.17, 15) is 23.1 Å². The number of rotatable bonds is 8. The number of sulfonamides is 1. The number of thiophene rings is 1. The molecule has 1 saturated heterocycles. The van der Waals surface area contributed by atoms with E-state index in [-0.39, 0.29) is 4.21 Å². The first kappa shape index (κ1) is 27.0. The lowest BCUT2D eigenvalue weighted by Crippen LogP contribution is -2.50. The van der Waals surface area contributed by atoms with E-state index in [1.165, 1.54) is 11.0 Å². The van der Waals surface area contributed by atoms with Crippen LogP contribution < -0.4 is 9.46 Å². The minimum absolute atomic E-state index is 0.0406. The molecule has 35 heavy (non-hydrogen) atoms. The number of carboxylic acid groups (broad SMARTS) is 1. The first-order chi connectivity index (χ1) is 16.4. The van der Waals surface area contributed by atoms with E-state index < -0.39 is 39.6 Å². The van der Waals surface area contributed by atoms with Gasteiger partial charge in [0.15, 0.2) is 0 Å². The zero-order valence-corrected chi connectivity index (χ0v) is 21.9. The summed E-state index contributed by atoms with van der Waals surface area (Å²) in [5, 5.41) is 9.78. The van der Waals surface area contributed by atoms with Gasteiger partial charge in [0.2, 0.25) is 0 Å². The average Bonchev–Trinajstić information content (AvgIpc) is 3.28.